The molecule has 4 N–H and O–H groups in total. The molecule has 0 spiro atoms. The molecule has 0 saturated carbocycles. The number of aromatic amines is 1. The van der Waals surface area contributed by atoms with Crippen molar-refractivity contribution >= 4 is 22.4 Å². The summed E-state index contributed by atoms with van der Waals surface area (Å²) in [6, 6.07) is -0.117. The van der Waals surface area contributed by atoms with E-state index in [2.05, 4.69) is 20.5 Å². The molecule has 2 heterocycles. The van der Waals surface area contributed by atoms with E-state index in [9.17, 15) is 4.79 Å². The van der Waals surface area contributed by atoms with E-state index in [1.54, 1.807) is 6.92 Å². The van der Waals surface area contributed by atoms with Gasteiger partial charge < -0.3 is 11.1 Å². The van der Waals surface area contributed by atoms with Gasteiger partial charge >= 0.3 is 0 Å². The van der Waals surface area contributed by atoms with Gasteiger partial charge in [0.2, 0.25) is 0 Å². The van der Waals surface area contributed by atoms with Gasteiger partial charge in [0.25, 0.3) is 5.91 Å². The number of aryl methyl sites for hydroxylation is 3. The standard InChI is InChI=1S/C12H17N5OS/c1-5(9-6(2)16-17-7(9)3)14-11(18)10-8(4)15-12(13)19-10/h5H,1-4H3,(H2,13,15)(H,14,18)(H,16,17)/t5-/m0/s1. The molecule has 2 aromatic heterocycles. The molecule has 19 heavy (non-hydrogen) atoms. The van der Waals surface area contributed by atoms with Crippen LogP contribution in [-0.2, 0) is 0 Å². The normalized spacial score (nSPS) is 12.4. The van der Waals surface area contributed by atoms with E-state index in [0.29, 0.717) is 15.7 Å². The molecule has 0 aliphatic rings. The Bertz CT molecular complexity index is 596. The molecule has 0 saturated heterocycles. The molecule has 0 unspecified atom stereocenters. The summed E-state index contributed by atoms with van der Waals surface area (Å²) in [4.78, 5) is 16.8. The first-order chi connectivity index (χ1) is 8.90. The number of H-pyrrole nitrogens is 1. The number of nitrogens with zero attached hydrogens (tertiary/aromatic N) is 2. The molecule has 1 atom stereocenters. The molecule has 102 valence electrons. The third kappa shape index (κ3) is 2.60. The average Bonchev–Trinajstić information content (AvgIpc) is 2.81. The lowest BCUT2D eigenvalue weighted by atomic mass is 10.1. The summed E-state index contributed by atoms with van der Waals surface area (Å²) in [5.74, 6) is -0.154. The summed E-state index contributed by atoms with van der Waals surface area (Å²) >= 11 is 1.20. The van der Waals surface area contributed by atoms with Crippen molar-refractivity contribution in [2.24, 2.45) is 0 Å². The van der Waals surface area contributed by atoms with Gasteiger partial charge in [0, 0.05) is 11.3 Å². The number of carbonyl (C=O) groups is 1. The maximum absolute atomic E-state index is 12.2. The molecule has 0 radical (unpaired) electrons. The predicted molar refractivity (Wildman–Crippen MR) is 75.2 cm³/mol. The summed E-state index contributed by atoms with van der Waals surface area (Å²) in [5, 5.41) is 10.4. The van der Waals surface area contributed by atoms with Crippen LogP contribution in [0, 0.1) is 20.8 Å². The highest BCUT2D eigenvalue weighted by molar-refractivity contribution is 7.17. The molecule has 6 nitrogen and oxygen atoms in total. The van der Waals surface area contributed by atoms with Crippen molar-refractivity contribution in [3.8, 4) is 0 Å². The maximum Gasteiger partial charge on any atom is 0.263 e. The van der Waals surface area contributed by atoms with Crippen molar-refractivity contribution in [3.63, 3.8) is 0 Å². The molecule has 0 aliphatic carbocycles. The largest absolute Gasteiger partial charge is 0.375 e. The van der Waals surface area contributed by atoms with Gasteiger partial charge in [0.15, 0.2) is 5.13 Å². The van der Waals surface area contributed by atoms with Crippen LogP contribution in [-0.4, -0.2) is 21.1 Å². The minimum atomic E-state index is -0.154. The lowest BCUT2D eigenvalue weighted by Crippen LogP contribution is -2.27. The molecule has 0 fully saturated rings. The summed E-state index contributed by atoms with van der Waals surface area (Å²) in [6.45, 7) is 7.56. The second kappa shape index (κ2) is 5.00. The molecular weight excluding hydrogens is 262 g/mol. The number of nitrogens with two attached hydrogens (primary N) is 1. The third-order valence-electron chi connectivity index (χ3n) is 2.99. The highest BCUT2D eigenvalue weighted by Crippen LogP contribution is 2.23. The topological polar surface area (TPSA) is 96.7 Å². The molecule has 7 heteroatoms. The smallest absolute Gasteiger partial charge is 0.263 e. The molecule has 1 amide bonds. The zero-order valence-corrected chi connectivity index (χ0v) is 12.2. The zero-order chi connectivity index (χ0) is 14.2. The second-order valence-electron chi connectivity index (χ2n) is 4.51. The summed E-state index contributed by atoms with van der Waals surface area (Å²) in [7, 11) is 0. The fraction of sp³-hybridized carbons (Fsp3) is 0.417. The van der Waals surface area contributed by atoms with Crippen LogP contribution in [0.1, 0.15) is 45.3 Å². The van der Waals surface area contributed by atoms with Gasteiger partial charge in [0.1, 0.15) is 4.88 Å². The average molecular weight is 279 g/mol. The van der Waals surface area contributed by atoms with Crippen LogP contribution < -0.4 is 11.1 Å². The van der Waals surface area contributed by atoms with Crippen molar-refractivity contribution in [1.82, 2.24) is 20.5 Å². The van der Waals surface area contributed by atoms with Crippen molar-refractivity contribution < 1.29 is 4.79 Å². The number of carbonyl (C=O) groups excluding carboxylic acids is 1. The Morgan fingerprint density at radius 3 is 2.53 bits per heavy atom. The summed E-state index contributed by atoms with van der Waals surface area (Å²) in [6.07, 6.45) is 0. The van der Waals surface area contributed by atoms with Gasteiger partial charge in [-0.3, -0.25) is 9.89 Å². The lowest BCUT2D eigenvalue weighted by molar-refractivity contribution is 0.0943. The van der Waals surface area contributed by atoms with Gasteiger partial charge in [-0.2, -0.15) is 5.10 Å². The number of aromatic nitrogens is 3. The molecule has 0 bridgehead atoms. The van der Waals surface area contributed by atoms with Gasteiger partial charge in [0.05, 0.1) is 17.4 Å². The Morgan fingerprint density at radius 2 is 2.05 bits per heavy atom. The maximum atomic E-state index is 12.2. The number of thiazole rings is 1. The minimum absolute atomic E-state index is 0.117. The lowest BCUT2D eigenvalue weighted by Gasteiger charge is -2.14. The minimum Gasteiger partial charge on any atom is -0.375 e. The van der Waals surface area contributed by atoms with Crippen LogP contribution in [0.2, 0.25) is 0 Å². The number of rotatable bonds is 3. The molecule has 2 aromatic rings. The number of nitrogens with one attached hydrogen (secondary N) is 2. The quantitative estimate of drug-likeness (QED) is 0.799. The van der Waals surface area contributed by atoms with E-state index in [-0.39, 0.29) is 11.9 Å². The van der Waals surface area contributed by atoms with E-state index in [4.69, 9.17) is 5.73 Å². The van der Waals surface area contributed by atoms with Gasteiger partial charge in [-0.25, -0.2) is 4.98 Å². The van der Waals surface area contributed by atoms with E-state index in [1.165, 1.54) is 11.3 Å². The van der Waals surface area contributed by atoms with E-state index < -0.39 is 0 Å². The molecule has 0 aliphatic heterocycles. The third-order valence-corrected chi connectivity index (χ3v) is 3.97. The van der Waals surface area contributed by atoms with E-state index in [0.717, 1.165) is 17.0 Å². The highest BCUT2D eigenvalue weighted by Gasteiger charge is 2.20. The Labute approximate surface area is 115 Å². The first-order valence-electron chi connectivity index (χ1n) is 5.95. The van der Waals surface area contributed by atoms with Gasteiger partial charge in [-0.15, -0.1) is 0 Å². The molecular formula is C12H17N5OS. The monoisotopic (exact) mass is 279 g/mol. The molecule has 2 rings (SSSR count). The highest BCUT2D eigenvalue weighted by atomic mass is 32.1. The van der Waals surface area contributed by atoms with E-state index in [1.807, 2.05) is 20.8 Å². The van der Waals surface area contributed by atoms with Crippen molar-refractivity contribution in [2.75, 3.05) is 5.73 Å². The van der Waals surface area contributed by atoms with Gasteiger partial charge in [-0.05, 0) is 27.7 Å². The molecule has 0 aromatic carbocycles. The van der Waals surface area contributed by atoms with Crippen LogP contribution in [0.15, 0.2) is 0 Å². The Kier molecular flexibility index (Phi) is 3.57. The Morgan fingerprint density at radius 1 is 1.37 bits per heavy atom. The number of anilines is 1. The van der Waals surface area contributed by atoms with Crippen LogP contribution in [0.5, 0.6) is 0 Å². The zero-order valence-electron chi connectivity index (χ0n) is 11.4. The Hall–Kier alpha value is -1.89. The van der Waals surface area contributed by atoms with Crippen LogP contribution in [0.3, 0.4) is 0 Å². The van der Waals surface area contributed by atoms with E-state index >= 15 is 0 Å². The number of amides is 1. The summed E-state index contributed by atoms with van der Waals surface area (Å²) in [5.41, 5.74) is 9.14. The first kappa shape index (κ1) is 13.5. The number of nitrogen functional groups attached to an aromatic ring is 1. The SMILES string of the molecule is Cc1nc(N)sc1C(=O)N[C@@H](C)c1c(C)n[nH]c1C. The van der Waals surface area contributed by atoms with Gasteiger partial charge in [-0.1, -0.05) is 11.3 Å². The fourth-order valence-corrected chi connectivity index (χ4v) is 2.90. The fourth-order valence-electron chi connectivity index (χ4n) is 2.16. The van der Waals surface area contributed by atoms with Crippen LogP contribution in [0.25, 0.3) is 0 Å². The van der Waals surface area contributed by atoms with Crippen molar-refractivity contribution in [2.45, 2.75) is 33.7 Å². The Balaban J connectivity index is 2.18. The number of hydrogen-bond donors (Lipinski definition) is 3. The summed E-state index contributed by atoms with van der Waals surface area (Å²) < 4.78 is 0. The van der Waals surface area contributed by atoms with Crippen LogP contribution in [0.4, 0.5) is 5.13 Å². The van der Waals surface area contributed by atoms with Crippen molar-refractivity contribution in [1.29, 1.82) is 0 Å². The first-order valence-corrected chi connectivity index (χ1v) is 6.77. The predicted octanol–water partition coefficient (Wildman–Crippen LogP) is 1.86. The number of hydrogen-bond acceptors (Lipinski definition) is 5. The van der Waals surface area contributed by atoms with Crippen LogP contribution >= 0.6 is 11.3 Å². The van der Waals surface area contributed by atoms with Crippen molar-refractivity contribution in [3.05, 3.63) is 27.5 Å². The second-order valence-corrected chi connectivity index (χ2v) is 5.54.